The minimum absolute atomic E-state index is 0.100. The van der Waals surface area contributed by atoms with Crippen molar-refractivity contribution < 1.29 is 0 Å². The number of rotatable bonds is 3. The summed E-state index contributed by atoms with van der Waals surface area (Å²) in [6, 6.07) is 20.6. The van der Waals surface area contributed by atoms with Crippen LogP contribution < -0.4 is 5.32 Å². The first-order valence-corrected chi connectivity index (χ1v) is 9.81. The Labute approximate surface area is 171 Å². The quantitative estimate of drug-likeness (QED) is 0.415. The molecule has 0 aliphatic carbocycles. The molecular weight excluding hydrogens is 366 g/mol. The molecule has 2 aromatic carbocycles. The highest BCUT2D eigenvalue weighted by Crippen LogP contribution is 2.33. The molecule has 0 unspecified atom stereocenters. The molecule has 4 heteroatoms. The average Bonchev–Trinajstić information content (AvgIpc) is 2.99. The molecule has 0 fully saturated rings. The predicted molar refractivity (Wildman–Crippen MR) is 119 cm³/mol. The maximum absolute atomic E-state index is 6.08. The Morgan fingerprint density at radius 1 is 0.821 bits per heavy atom. The van der Waals surface area contributed by atoms with Crippen LogP contribution in [-0.4, -0.2) is 14.9 Å². The zero-order valence-electron chi connectivity index (χ0n) is 16.6. The summed E-state index contributed by atoms with van der Waals surface area (Å²) >= 11 is 6.08. The molecule has 2 aromatic heterocycles. The standard InChI is InChI=1S/C24H24ClN3/c1-16-5-7-17(8-6-16)19-11-14-21-26-22(18-9-12-20(25)13-10-18)23(28(21)15-19)27-24(2,3)4/h5-15,27H,1-4H3. The fraction of sp³-hybridized carbons (Fsp3) is 0.208. The number of aryl methyl sites for hydroxylation is 1. The normalized spacial score (nSPS) is 11.8. The molecule has 4 rings (SSSR count). The molecule has 0 spiro atoms. The maximum Gasteiger partial charge on any atom is 0.139 e. The Kier molecular flexibility index (Phi) is 4.64. The highest BCUT2D eigenvalue weighted by atomic mass is 35.5. The lowest BCUT2D eigenvalue weighted by atomic mass is 10.1. The number of hydrogen-bond acceptors (Lipinski definition) is 2. The molecule has 0 aliphatic heterocycles. The molecule has 142 valence electrons. The first-order valence-electron chi connectivity index (χ1n) is 9.43. The third kappa shape index (κ3) is 3.76. The summed E-state index contributed by atoms with van der Waals surface area (Å²) < 4.78 is 2.14. The summed E-state index contributed by atoms with van der Waals surface area (Å²) in [5, 5.41) is 4.36. The minimum atomic E-state index is -0.100. The van der Waals surface area contributed by atoms with Crippen LogP contribution >= 0.6 is 11.6 Å². The molecule has 0 radical (unpaired) electrons. The Morgan fingerprint density at radius 3 is 2.07 bits per heavy atom. The van der Waals surface area contributed by atoms with Gasteiger partial charge in [0.2, 0.25) is 0 Å². The number of aromatic nitrogens is 2. The number of halogens is 1. The van der Waals surface area contributed by atoms with E-state index < -0.39 is 0 Å². The van der Waals surface area contributed by atoms with E-state index in [-0.39, 0.29) is 5.54 Å². The van der Waals surface area contributed by atoms with Crippen molar-refractivity contribution in [2.45, 2.75) is 33.2 Å². The number of imidazole rings is 1. The van der Waals surface area contributed by atoms with E-state index in [4.69, 9.17) is 16.6 Å². The molecule has 3 nitrogen and oxygen atoms in total. The van der Waals surface area contributed by atoms with Gasteiger partial charge >= 0.3 is 0 Å². The van der Waals surface area contributed by atoms with Crippen LogP contribution in [0.2, 0.25) is 5.02 Å². The number of nitrogens with one attached hydrogen (secondary N) is 1. The molecule has 0 aliphatic rings. The van der Waals surface area contributed by atoms with Crippen LogP contribution in [0, 0.1) is 6.92 Å². The average molecular weight is 390 g/mol. The number of benzene rings is 2. The van der Waals surface area contributed by atoms with Crippen LogP contribution in [0.3, 0.4) is 0 Å². The van der Waals surface area contributed by atoms with Crippen molar-refractivity contribution in [1.82, 2.24) is 9.38 Å². The fourth-order valence-electron chi connectivity index (χ4n) is 3.25. The van der Waals surface area contributed by atoms with Crippen LogP contribution in [0.25, 0.3) is 28.0 Å². The zero-order valence-corrected chi connectivity index (χ0v) is 17.4. The monoisotopic (exact) mass is 389 g/mol. The van der Waals surface area contributed by atoms with Crippen LogP contribution in [0.5, 0.6) is 0 Å². The number of nitrogens with zero attached hydrogens (tertiary/aromatic N) is 2. The van der Waals surface area contributed by atoms with Crippen molar-refractivity contribution >= 4 is 23.1 Å². The van der Waals surface area contributed by atoms with E-state index in [1.165, 1.54) is 11.1 Å². The van der Waals surface area contributed by atoms with Crippen molar-refractivity contribution in [2.24, 2.45) is 0 Å². The van der Waals surface area contributed by atoms with E-state index in [2.05, 4.69) is 80.0 Å². The number of anilines is 1. The summed E-state index contributed by atoms with van der Waals surface area (Å²) in [6.07, 6.45) is 2.15. The van der Waals surface area contributed by atoms with Gasteiger partial charge in [0.1, 0.15) is 17.2 Å². The minimum Gasteiger partial charge on any atom is -0.365 e. The molecule has 0 saturated carbocycles. The molecule has 0 amide bonds. The Bertz CT molecular complexity index is 1120. The van der Waals surface area contributed by atoms with Crippen LogP contribution in [0.15, 0.2) is 66.9 Å². The van der Waals surface area contributed by atoms with E-state index in [1.54, 1.807) is 0 Å². The Morgan fingerprint density at radius 2 is 1.43 bits per heavy atom. The van der Waals surface area contributed by atoms with Gasteiger partial charge in [-0.2, -0.15) is 0 Å². The number of fused-ring (bicyclic) bond motifs is 1. The summed E-state index contributed by atoms with van der Waals surface area (Å²) in [6.45, 7) is 8.57. The zero-order chi connectivity index (χ0) is 19.9. The van der Waals surface area contributed by atoms with Gasteiger partial charge in [0.15, 0.2) is 0 Å². The second-order valence-corrected chi connectivity index (χ2v) is 8.64. The van der Waals surface area contributed by atoms with E-state index >= 15 is 0 Å². The highest BCUT2D eigenvalue weighted by molar-refractivity contribution is 6.30. The summed E-state index contributed by atoms with van der Waals surface area (Å²) in [7, 11) is 0. The van der Waals surface area contributed by atoms with Gasteiger partial charge in [0, 0.05) is 22.3 Å². The van der Waals surface area contributed by atoms with E-state index in [1.807, 2.05) is 24.3 Å². The van der Waals surface area contributed by atoms with E-state index in [9.17, 15) is 0 Å². The fourth-order valence-corrected chi connectivity index (χ4v) is 3.37. The summed E-state index contributed by atoms with van der Waals surface area (Å²) in [4.78, 5) is 4.90. The summed E-state index contributed by atoms with van der Waals surface area (Å²) in [5.41, 5.74) is 6.38. The third-order valence-electron chi connectivity index (χ3n) is 4.61. The molecule has 2 heterocycles. The van der Waals surface area contributed by atoms with Gasteiger partial charge in [-0.25, -0.2) is 4.98 Å². The van der Waals surface area contributed by atoms with Gasteiger partial charge in [-0.15, -0.1) is 0 Å². The van der Waals surface area contributed by atoms with E-state index in [0.717, 1.165) is 33.3 Å². The maximum atomic E-state index is 6.08. The van der Waals surface area contributed by atoms with Gasteiger partial charge < -0.3 is 5.32 Å². The Hall–Kier alpha value is -2.78. The first-order chi connectivity index (χ1) is 13.3. The topological polar surface area (TPSA) is 29.3 Å². The Balaban J connectivity index is 1.90. The molecule has 0 bridgehead atoms. The SMILES string of the molecule is Cc1ccc(-c2ccc3nc(-c4ccc(Cl)cc4)c(NC(C)(C)C)n3c2)cc1. The molecule has 1 N–H and O–H groups in total. The number of hydrogen-bond donors (Lipinski definition) is 1. The van der Waals surface area contributed by atoms with Gasteiger partial charge in [-0.05, 0) is 63.1 Å². The lowest BCUT2D eigenvalue weighted by molar-refractivity contribution is 0.629. The van der Waals surface area contributed by atoms with Crippen molar-refractivity contribution in [3.8, 4) is 22.4 Å². The molecule has 4 aromatic rings. The first kappa shape index (κ1) is 18.6. The van der Waals surface area contributed by atoms with Crippen LogP contribution in [-0.2, 0) is 0 Å². The predicted octanol–water partition coefficient (Wildman–Crippen LogP) is 6.84. The lowest BCUT2D eigenvalue weighted by Gasteiger charge is -2.22. The second-order valence-electron chi connectivity index (χ2n) is 8.20. The lowest BCUT2D eigenvalue weighted by Crippen LogP contribution is -2.27. The number of pyridine rings is 1. The van der Waals surface area contributed by atoms with Crippen molar-refractivity contribution in [3.05, 3.63) is 77.4 Å². The van der Waals surface area contributed by atoms with Crippen LogP contribution in [0.1, 0.15) is 26.3 Å². The third-order valence-corrected chi connectivity index (χ3v) is 4.87. The molecule has 0 atom stereocenters. The van der Waals surface area contributed by atoms with Gasteiger partial charge in [0.25, 0.3) is 0 Å². The second kappa shape index (κ2) is 6.99. The highest BCUT2D eigenvalue weighted by Gasteiger charge is 2.19. The molecular formula is C24H24ClN3. The molecule has 0 saturated heterocycles. The van der Waals surface area contributed by atoms with Gasteiger partial charge in [-0.1, -0.05) is 53.6 Å². The van der Waals surface area contributed by atoms with Gasteiger partial charge in [0.05, 0.1) is 0 Å². The van der Waals surface area contributed by atoms with Gasteiger partial charge in [-0.3, -0.25) is 4.40 Å². The molecule has 28 heavy (non-hydrogen) atoms. The summed E-state index contributed by atoms with van der Waals surface area (Å²) in [5.74, 6) is 0.985. The van der Waals surface area contributed by atoms with Crippen molar-refractivity contribution in [3.63, 3.8) is 0 Å². The van der Waals surface area contributed by atoms with Crippen molar-refractivity contribution in [2.75, 3.05) is 5.32 Å². The van der Waals surface area contributed by atoms with Crippen molar-refractivity contribution in [1.29, 1.82) is 0 Å². The smallest absolute Gasteiger partial charge is 0.139 e. The van der Waals surface area contributed by atoms with E-state index in [0.29, 0.717) is 0 Å². The largest absolute Gasteiger partial charge is 0.365 e. The van der Waals surface area contributed by atoms with Crippen LogP contribution in [0.4, 0.5) is 5.82 Å².